The highest BCUT2D eigenvalue weighted by molar-refractivity contribution is 5.97. The summed E-state index contributed by atoms with van der Waals surface area (Å²) in [6.45, 7) is 0. The normalized spacial score (nSPS) is 34.5. The van der Waals surface area contributed by atoms with Crippen LogP contribution in [0.4, 0.5) is 11.4 Å². The molecule has 22 heavy (non-hydrogen) atoms. The Bertz CT molecular complexity index is 686. The number of benzene rings is 1. The van der Waals surface area contributed by atoms with E-state index in [9.17, 15) is 19.7 Å². The minimum atomic E-state index is -0.508. The van der Waals surface area contributed by atoms with Crippen LogP contribution in [-0.2, 0) is 14.3 Å². The molecule has 1 amide bonds. The molecule has 5 atom stereocenters. The first-order chi connectivity index (χ1) is 10.5. The molecule has 2 bridgehead atoms. The van der Waals surface area contributed by atoms with E-state index in [1.165, 1.54) is 18.2 Å². The molecule has 7 heteroatoms. The van der Waals surface area contributed by atoms with Gasteiger partial charge in [-0.1, -0.05) is 6.07 Å². The Balaban J connectivity index is 1.55. The fourth-order valence-corrected chi connectivity index (χ4v) is 4.29. The number of ether oxygens (including phenoxy) is 1. The fraction of sp³-hybridized carbons (Fsp3) is 0.467. The van der Waals surface area contributed by atoms with Gasteiger partial charge in [0.15, 0.2) is 0 Å². The minimum absolute atomic E-state index is 0.00985. The summed E-state index contributed by atoms with van der Waals surface area (Å²) in [4.78, 5) is 34.7. The first kappa shape index (κ1) is 13.2. The maximum Gasteiger partial charge on any atom is 0.310 e. The van der Waals surface area contributed by atoms with E-state index in [0.717, 1.165) is 12.8 Å². The minimum Gasteiger partial charge on any atom is -0.462 e. The van der Waals surface area contributed by atoms with Crippen molar-refractivity contribution in [3.05, 3.63) is 34.4 Å². The smallest absolute Gasteiger partial charge is 0.310 e. The molecule has 1 aromatic rings. The molecule has 4 rings (SSSR count). The molecule has 0 radical (unpaired) electrons. The third-order valence-electron chi connectivity index (χ3n) is 5.11. The van der Waals surface area contributed by atoms with Crippen molar-refractivity contribution in [3.63, 3.8) is 0 Å². The Hall–Kier alpha value is -2.44. The molecule has 3 aliphatic rings. The number of nitro benzene ring substituents is 1. The number of anilines is 1. The molecule has 3 fully saturated rings. The predicted molar refractivity (Wildman–Crippen MR) is 74.8 cm³/mol. The molecular formula is C15H14N2O5. The average molecular weight is 302 g/mol. The highest BCUT2D eigenvalue weighted by atomic mass is 16.6. The lowest BCUT2D eigenvalue weighted by Crippen LogP contribution is -2.35. The Morgan fingerprint density at radius 3 is 2.95 bits per heavy atom. The third-order valence-corrected chi connectivity index (χ3v) is 5.11. The molecular weight excluding hydrogens is 288 g/mol. The second kappa shape index (κ2) is 4.53. The van der Waals surface area contributed by atoms with Gasteiger partial charge < -0.3 is 10.1 Å². The van der Waals surface area contributed by atoms with Gasteiger partial charge in [0.2, 0.25) is 5.91 Å². The van der Waals surface area contributed by atoms with Crippen molar-refractivity contribution in [1.29, 1.82) is 0 Å². The number of hydrogen-bond acceptors (Lipinski definition) is 5. The predicted octanol–water partition coefficient (Wildman–Crippen LogP) is 1.73. The quantitative estimate of drug-likeness (QED) is 0.521. The van der Waals surface area contributed by atoms with Crippen molar-refractivity contribution in [2.24, 2.45) is 23.7 Å². The zero-order chi connectivity index (χ0) is 15.4. The van der Waals surface area contributed by atoms with Gasteiger partial charge in [0, 0.05) is 23.7 Å². The monoisotopic (exact) mass is 302 g/mol. The first-order valence-electron chi connectivity index (χ1n) is 7.30. The van der Waals surface area contributed by atoms with Crippen molar-refractivity contribution in [1.82, 2.24) is 0 Å². The molecule has 1 heterocycles. The van der Waals surface area contributed by atoms with Gasteiger partial charge in [-0.2, -0.15) is 0 Å². The van der Waals surface area contributed by atoms with E-state index in [1.807, 2.05) is 0 Å². The molecule has 0 aromatic heterocycles. The zero-order valence-corrected chi connectivity index (χ0v) is 11.6. The van der Waals surface area contributed by atoms with Gasteiger partial charge >= 0.3 is 5.97 Å². The van der Waals surface area contributed by atoms with E-state index < -0.39 is 4.92 Å². The highest BCUT2D eigenvalue weighted by Crippen LogP contribution is 2.57. The average Bonchev–Trinajstić information content (AvgIpc) is 3.08. The Morgan fingerprint density at radius 2 is 2.18 bits per heavy atom. The molecule has 0 unspecified atom stereocenters. The van der Waals surface area contributed by atoms with E-state index in [1.54, 1.807) is 6.07 Å². The molecule has 2 saturated carbocycles. The Morgan fingerprint density at radius 1 is 1.36 bits per heavy atom. The van der Waals surface area contributed by atoms with Crippen LogP contribution in [0, 0.1) is 33.8 Å². The summed E-state index contributed by atoms with van der Waals surface area (Å²) < 4.78 is 5.31. The Labute approximate surface area is 125 Å². The van der Waals surface area contributed by atoms with E-state index in [2.05, 4.69) is 5.32 Å². The fourth-order valence-electron chi connectivity index (χ4n) is 4.29. The van der Waals surface area contributed by atoms with E-state index in [0.29, 0.717) is 5.69 Å². The molecule has 1 aromatic carbocycles. The van der Waals surface area contributed by atoms with Crippen molar-refractivity contribution in [2.45, 2.75) is 18.9 Å². The summed E-state index contributed by atoms with van der Waals surface area (Å²) in [6, 6.07) is 5.81. The van der Waals surface area contributed by atoms with Gasteiger partial charge in [-0.3, -0.25) is 19.7 Å². The van der Waals surface area contributed by atoms with E-state index in [4.69, 9.17) is 4.74 Å². The number of amides is 1. The number of rotatable bonds is 3. The standard InChI is InChI=1S/C15H14N2O5/c18-14(16-8-2-1-3-9(6-8)17(20)21)12-7-4-10-11(5-7)22-15(19)13(10)12/h1-3,6-7,10-13H,4-5H2,(H,16,18)/t7-,10-,11+,12+,13-/m0/s1. The van der Waals surface area contributed by atoms with Gasteiger partial charge in [0.05, 0.1) is 16.8 Å². The zero-order valence-electron chi connectivity index (χ0n) is 11.6. The lowest BCUT2D eigenvalue weighted by molar-refractivity contribution is -0.384. The van der Waals surface area contributed by atoms with Gasteiger partial charge in [-0.15, -0.1) is 0 Å². The number of carbonyl (C=O) groups is 2. The number of hydrogen-bond donors (Lipinski definition) is 1. The second-order valence-electron chi connectivity index (χ2n) is 6.22. The third kappa shape index (κ3) is 1.81. The second-order valence-corrected chi connectivity index (χ2v) is 6.22. The van der Waals surface area contributed by atoms with Gasteiger partial charge in [-0.25, -0.2) is 0 Å². The molecule has 114 valence electrons. The summed E-state index contributed by atoms with van der Waals surface area (Å²) >= 11 is 0. The molecule has 7 nitrogen and oxygen atoms in total. The van der Waals surface area contributed by atoms with Gasteiger partial charge in [-0.05, 0) is 24.8 Å². The van der Waals surface area contributed by atoms with Crippen LogP contribution in [0.5, 0.6) is 0 Å². The number of nitro groups is 1. The largest absolute Gasteiger partial charge is 0.462 e. The topological polar surface area (TPSA) is 98.5 Å². The summed E-state index contributed by atoms with van der Waals surface area (Å²) in [5, 5.41) is 13.5. The first-order valence-corrected chi connectivity index (χ1v) is 7.30. The molecule has 0 spiro atoms. The van der Waals surface area contributed by atoms with Crippen LogP contribution in [0.2, 0.25) is 0 Å². The summed E-state index contributed by atoms with van der Waals surface area (Å²) in [5.74, 6) is -0.897. The number of nitrogens with zero attached hydrogens (tertiary/aromatic N) is 1. The van der Waals surface area contributed by atoms with Crippen LogP contribution < -0.4 is 5.32 Å². The highest BCUT2D eigenvalue weighted by Gasteiger charge is 2.63. The molecule has 2 aliphatic carbocycles. The van der Waals surface area contributed by atoms with Crippen molar-refractivity contribution in [3.8, 4) is 0 Å². The van der Waals surface area contributed by atoms with Crippen molar-refractivity contribution < 1.29 is 19.2 Å². The van der Waals surface area contributed by atoms with Crippen LogP contribution in [0.25, 0.3) is 0 Å². The number of nitrogens with one attached hydrogen (secondary N) is 1. The lowest BCUT2D eigenvalue weighted by atomic mass is 9.79. The van der Waals surface area contributed by atoms with Gasteiger partial charge in [0.25, 0.3) is 5.69 Å². The maximum atomic E-state index is 12.5. The molecule has 1 saturated heterocycles. The van der Waals surface area contributed by atoms with Gasteiger partial charge in [0.1, 0.15) is 6.10 Å². The van der Waals surface area contributed by atoms with Crippen molar-refractivity contribution in [2.75, 3.05) is 5.32 Å². The SMILES string of the molecule is O=C(Nc1cccc([N+](=O)[O-])c1)[C@@H]1[C@H]2C[C@@H]3[C@@H]1C(=O)O[C@@H]3C2. The summed E-state index contributed by atoms with van der Waals surface area (Å²) in [6.07, 6.45) is 1.60. The van der Waals surface area contributed by atoms with Crippen molar-refractivity contribution >= 4 is 23.3 Å². The van der Waals surface area contributed by atoms with Crippen LogP contribution in [0.1, 0.15) is 12.8 Å². The van der Waals surface area contributed by atoms with Crippen LogP contribution >= 0.6 is 0 Å². The Kier molecular flexibility index (Phi) is 2.72. The lowest BCUT2D eigenvalue weighted by Gasteiger charge is -2.23. The van der Waals surface area contributed by atoms with E-state index >= 15 is 0 Å². The number of non-ortho nitro benzene ring substituents is 1. The molecule has 1 aliphatic heterocycles. The summed E-state index contributed by atoms with van der Waals surface area (Å²) in [7, 11) is 0. The van der Waals surface area contributed by atoms with Crippen LogP contribution in [0.3, 0.4) is 0 Å². The maximum absolute atomic E-state index is 12.5. The summed E-state index contributed by atoms with van der Waals surface area (Å²) in [5.41, 5.74) is 0.302. The molecule has 1 N–H and O–H groups in total. The number of esters is 1. The number of carbonyl (C=O) groups excluding carboxylic acids is 2. The van der Waals surface area contributed by atoms with E-state index in [-0.39, 0.29) is 47.3 Å². The van der Waals surface area contributed by atoms with Crippen LogP contribution in [-0.4, -0.2) is 22.9 Å². The number of fused-ring (bicyclic) bond motifs is 1. The van der Waals surface area contributed by atoms with Crippen LogP contribution in [0.15, 0.2) is 24.3 Å².